The van der Waals surface area contributed by atoms with Gasteiger partial charge in [-0.2, -0.15) is 17.5 Å². The zero-order valence-corrected chi connectivity index (χ0v) is 17.4. The molecule has 0 amide bonds. The number of hydrogen-bond donors (Lipinski definition) is 0. The average molecular weight is 433 g/mol. The number of alkyl halides is 3. The van der Waals surface area contributed by atoms with E-state index in [4.69, 9.17) is 4.74 Å². The summed E-state index contributed by atoms with van der Waals surface area (Å²) in [6.45, 7) is 7.62. The third-order valence-electron chi connectivity index (χ3n) is 6.50. The molecule has 1 unspecified atom stereocenters. The summed E-state index contributed by atoms with van der Waals surface area (Å²) in [5.41, 5.74) is -1.24. The van der Waals surface area contributed by atoms with Crippen molar-refractivity contribution in [1.82, 2.24) is 14.2 Å². The van der Waals surface area contributed by atoms with E-state index in [1.165, 1.54) is 11.2 Å². The predicted octanol–water partition coefficient (Wildman–Crippen LogP) is 2.53. The third kappa shape index (κ3) is 3.80. The van der Waals surface area contributed by atoms with Gasteiger partial charge in [-0.3, -0.25) is 4.90 Å². The molecule has 3 fully saturated rings. The molecule has 2 atom stereocenters. The number of hydrogen-bond acceptors (Lipinski definition) is 5. The molecule has 3 saturated heterocycles. The minimum absolute atomic E-state index is 0.0376. The second-order valence-electron chi connectivity index (χ2n) is 8.67. The van der Waals surface area contributed by atoms with E-state index in [0.29, 0.717) is 25.0 Å². The highest BCUT2D eigenvalue weighted by atomic mass is 32.2. The fraction of sp³-hybridized carbons (Fsp3) is 0.737. The Labute approximate surface area is 169 Å². The fourth-order valence-electron chi connectivity index (χ4n) is 4.74. The number of rotatable bonds is 4. The maximum atomic E-state index is 12.9. The molecule has 1 aromatic heterocycles. The minimum Gasteiger partial charge on any atom is -0.381 e. The molecule has 0 N–H and O–H groups in total. The van der Waals surface area contributed by atoms with Crippen molar-refractivity contribution in [3.63, 3.8) is 0 Å². The molecule has 0 radical (unpaired) electrons. The molecule has 3 aliphatic rings. The van der Waals surface area contributed by atoms with Gasteiger partial charge in [-0.05, 0) is 44.7 Å². The van der Waals surface area contributed by atoms with Crippen LogP contribution in [0.4, 0.5) is 13.2 Å². The van der Waals surface area contributed by atoms with Crippen molar-refractivity contribution < 1.29 is 26.3 Å². The standard InChI is InChI=1S/C19H26F3N3O3S/c1-13-16(5-6-17(23-13)19(20,21)22)29(26,27)25-11-18(12-25)9-24(10-18)14(2)15-4-3-7-28-8-15/h5-6,14-15H,3-4,7-12H2,1-2H3/t14-,15?/m0/s1. The van der Waals surface area contributed by atoms with Gasteiger partial charge in [0.15, 0.2) is 0 Å². The Morgan fingerprint density at radius 2 is 1.93 bits per heavy atom. The van der Waals surface area contributed by atoms with Gasteiger partial charge in [0, 0.05) is 44.2 Å². The number of nitrogens with zero attached hydrogens (tertiary/aromatic N) is 3. The van der Waals surface area contributed by atoms with E-state index in [1.54, 1.807) is 0 Å². The van der Waals surface area contributed by atoms with Crippen LogP contribution in [0.15, 0.2) is 17.0 Å². The molecule has 0 aliphatic carbocycles. The van der Waals surface area contributed by atoms with Gasteiger partial charge in [0.1, 0.15) is 10.6 Å². The molecule has 4 heterocycles. The first-order chi connectivity index (χ1) is 13.5. The monoisotopic (exact) mass is 433 g/mol. The van der Waals surface area contributed by atoms with E-state index in [1.807, 2.05) is 0 Å². The maximum Gasteiger partial charge on any atom is 0.433 e. The Hall–Kier alpha value is -1.23. The van der Waals surface area contributed by atoms with Crippen molar-refractivity contribution in [3.8, 4) is 0 Å². The third-order valence-corrected chi connectivity index (χ3v) is 8.43. The normalized spacial score (nSPS) is 26.7. The molecule has 29 heavy (non-hydrogen) atoms. The lowest BCUT2D eigenvalue weighted by atomic mass is 9.72. The van der Waals surface area contributed by atoms with Crippen LogP contribution in [0.3, 0.4) is 0 Å². The van der Waals surface area contributed by atoms with E-state index in [0.717, 1.165) is 51.3 Å². The Balaban J connectivity index is 1.37. The number of aromatic nitrogens is 1. The quantitative estimate of drug-likeness (QED) is 0.730. The number of sulfonamides is 1. The minimum atomic E-state index is -4.59. The maximum absolute atomic E-state index is 12.9. The van der Waals surface area contributed by atoms with Crippen LogP contribution in [0, 0.1) is 18.3 Å². The highest BCUT2D eigenvalue weighted by molar-refractivity contribution is 7.89. The number of halogens is 3. The highest BCUT2D eigenvalue weighted by Crippen LogP contribution is 2.44. The molecule has 1 spiro atoms. The van der Waals surface area contributed by atoms with E-state index in [-0.39, 0.29) is 16.0 Å². The molecular weight excluding hydrogens is 407 g/mol. The van der Waals surface area contributed by atoms with E-state index in [2.05, 4.69) is 16.8 Å². The second kappa shape index (κ2) is 7.18. The Bertz CT molecular complexity index is 870. The van der Waals surface area contributed by atoms with Crippen LogP contribution in [0.1, 0.15) is 31.2 Å². The Morgan fingerprint density at radius 1 is 1.24 bits per heavy atom. The van der Waals surface area contributed by atoms with Crippen LogP contribution in [-0.4, -0.2) is 68.0 Å². The molecule has 1 aromatic rings. The number of likely N-dealkylation sites (tertiary alicyclic amines) is 1. The van der Waals surface area contributed by atoms with Crippen LogP contribution in [0.2, 0.25) is 0 Å². The lowest BCUT2D eigenvalue weighted by Gasteiger charge is -2.61. The van der Waals surface area contributed by atoms with Crippen molar-refractivity contribution in [2.24, 2.45) is 11.3 Å². The van der Waals surface area contributed by atoms with Gasteiger partial charge in [-0.15, -0.1) is 0 Å². The largest absolute Gasteiger partial charge is 0.433 e. The number of aryl methyl sites for hydroxylation is 1. The lowest BCUT2D eigenvalue weighted by molar-refractivity contribution is -0.141. The number of ether oxygens (including phenoxy) is 1. The van der Waals surface area contributed by atoms with Crippen LogP contribution >= 0.6 is 0 Å². The predicted molar refractivity (Wildman–Crippen MR) is 99.7 cm³/mol. The van der Waals surface area contributed by atoms with Crippen LogP contribution in [-0.2, 0) is 20.9 Å². The first kappa shape index (κ1) is 21.0. The Kier molecular flexibility index (Phi) is 5.20. The van der Waals surface area contributed by atoms with Gasteiger partial charge in [0.2, 0.25) is 10.0 Å². The van der Waals surface area contributed by atoms with Crippen molar-refractivity contribution in [1.29, 1.82) is 0 Å². The summed E-state index contributed by atoms with van der Waals surface area (Å²) in [6.07, 6.45) is -2.35. The Morgan fingerprint density at radius 3 is 2.48 bits per heavy atom. The van der Waals surface area contributed by atoms with Crippen LogP contribution < -0.4 is 0 Å². The van der Waals surface area contributed by atoms with Crippen molar-refractivity contribution in [3.05, 3.63) is 23.5 Å². The molecule has 4 rings (SSSR count). The van der Waals surface area contributed by atoms with Crippen LogP contribution in [0.5, 0.6) is 0 Å². The van der Waals surface area contributed by atoms with Crippen LogP contribution in [0.25, 0.3) is 0 Å². The van der Waals surface area contributed by atoms with Gasteiger partial charge in [0.05, 0.1) is 12.3 Å². The molecule has 0 aromatic carbocycles. The summed E-state index contributed by atoms with van der Waals surface area (Å²) < 4.78 is 71.0. The van der Waals surface area contributed by atoms with Crippen molar-refractivity contribution in [2.45, 2.75) is 43.8 Å². The molecule has 3 aliphatic heterocycles. The average Bonchev–Trinajstić information content (AvgIpc) is 2.58. The van der Waals surface area contributed by atoms with Gasteiger partial charge in [-0.1, -0.05) is 0 Å². The lowest BCUT2D eigenvalue weighted by Crippen LogP contribution is -2.74. The smallest absolute Gasteiger partial charge is 0.381 e. The van der Waals surface area contributed by atoms with E-state index in [9.17, 15) is 21.6 Å². The molecule has 0 bridgehead atoms. The topological polar surface area (TPSA) is 62.7 Å². The van der Waals surface area contributed by atoms with Gasteiger partial charge in [0.25, 0.3) is 0 Å². The van der Waals surface area contributed by atoms with Gasteiger partial charge in [-0.25, -0.2) is 13.4 Å². The zero-order valence-electron chi connectivity index (χ0n) is 16.6. The summed E-state index contributed by atoms with van der Waals surface area (Å²) in [5.74, 6) is 0.516. The van der Waals surface area contributed by atoms with Crippen molar-refractivity contribution >= 4 is 10.0 Å². The summed E-state index contributed by atoms with van der Waals surface area (Å²) in [6, 6.07) is 2.16. The van der Waals surface area contributed by atoms with Gasteiger partial charge < -0.3 is 4.74 Å². The molecule has 0 saturated carbocycles. The van der Waals surface area contributed by atoms with Crippen molar-refractivity contribution in [2.75, 3.05) is 39.4 Å². The first-order valence-electron chi connectivity index (χ1n) is 9.89. The summed E-state index contributed by atoms with van der Waals surface area (Å²) >= 11 is 0. The second-order valence-corrected chi connectivity index (χ2v) is 10.6. The SMILES string of the molecule is Cc1nc(C(F)(F)F)ccc1S(=O)(=O)N1CC2(CN([C@@H](C)C3CCCOC3)C2)C1. The highest BCUT2D eigenvalue weighted by Gasteiger charge is 2.56. The summed E-state index contributed by atoms with van der Waals surface area (Å²) in [4.78, 5) is 5.69. The zero-order chi connectivity index (χ0) is 21.0. The molecule has 10 heteroatoms. The fourth-order valence-corrected chi connectivity index (χ4v) is 6.56. The molecule has 6 nitrogen and oxygen atoms in total. The summed E-state index contributed by atoms with van der Waals surface area (Å²) in [7, 11) is -3.84. The van der Waals surface area contributed by atoms with E-state index < -0.39 is 21.9 Å². The van der Waals surface area contributed by atoms with E-state index >= 15 is 0 Å². The molecule has 162 valence electrons. The van der Waals surface area contributed by atoms with Gasteiger partial charge >= 0.3 is 6.18 Å². The molecular formula is C19H26F3N3O3S. The summed E-state index contributed by atoms with van der Waals surface area (Å²) in [5, 5.41) is 0. The number of pyridine rings is 1. The first-order valence-corrected chi connectivity index (χ1v) is 11.3.